The summed E-state index contributed by atoms with van der Waals surface area (Å²) in [6.07, 6.45) is 1.40. The first-order chi connectivity index (χ1) is 14.6. The number of H-pyrrole nitrogens is 1. The number of rotatable bonds is 12. The number of aromatic hydroxyl groups is 1. The maximum atomic E-state index is 11.6. The summed E-state index contributed by atoms with van der Waals surface area (Å²) in [4.78, 5) is 14.0. The molecule has 1 unspecified atom stereocenters. The van der Waals surface area contributed by atoms with Crippen molar-refractivity contribution >= 4 is 21.6 Å². The van der Waals surface area contributed by atoms with Gasteiger partial charge in [0.1, 0.15) is 17.5 Å². The lowest BCUT2D eigenvalue weighted by Crippen LogP contribution is -2.32. The summed E-state index contributed by atoms with van der Waals surface area (Å²) in [6, 6.07) is 11.8. The summed E-state index contributed by atoms with van der Waals surface area (Å²) in [5, 5.41) is 26.7. The Morgan fingerprint density at radius 1 is 1.13 bits per heavy atom. The second-order valence-electron chi connectivity index (χ2n) is 7.20. The molecule has 0 saturated carbocycles. The molecule has 0 bridgehead atoms. The average molecular weight is 432 g/mol. The van der Waals surface area contributed by atoms with Crippen molar-refractivity contribution in [2.24, 2.45) is 0 Å². The molecule has 162 valence electrons. The largest absolute Gasteiger partial charge is 0.506 e. The highest BCUT2D eigenvalue weighted by Crippen LogP contribution is 2.28. The van der Waals surface area contributed by atoms with E-state index in [0.29, 0.717) is 29.8 Å². The van der Waals surface area contributed by atoms with E-state index in [1.165, 1.54) is 11.1 Å². The summed E-state index contributed by atoms with van der Waals surface area (Å²) in [5.74, 6) is 0.0447. The van der Waals surface area contributed by atoms with Crippen molar-refractivity contribution in [2.75, 3.05) is 33.4 Å². The molecule has 5 N–H and O–H groups in total. The molecule has 0 fully saturated rings. The summed E-state index contributed by atoms with van der Waals surface area (Å²) in [7, 11) is 1.70. The summed E-state index contributed by atoms with van der Waals surface area (Å²) >= 11 is 1.05. The molecule has 3 aromatic rings. The molecule has 0 aliphatic carbocycles. The van der Waals surface area contributed by atoms with E-state index in [1.807, 2.05) is 0 Å². The Balaban J connectivity index is 1.47. The first-order valence-electron chi connectivity index (χ1n) is 10.1. The van der Waals surface area contributed by atoms with Crippen molar-refractivity contribution in [1.82, 2.24) is 15.6 Å². The zero-order valence-electron chi connectivity index (χ0n) is 17.1. The van der Waals surface area contributed by atoms with Crippen LogP contribution in [0.15, 0.2) is 41.2 Å². The zero-order chi connectivity index (χ0) is 21.3. The van der Waals surface area contributed by atoms with Crippen molar-refractivity contribution < 1.29 is 14.9 Å². The number of ether oxygens (including phenoxy) is 1. The minimum absolute atomic E-state index is 0.0447. The van der Waals surface area contributed by atoms with E-state index < -0.39 is 6.23 Å². The molecule has 0 amide bonds. The van der Waals surface area contributed by atoms with Crippen LogP contribution in [0.5, 0.6) is 5.75 Å². The van der Waals surface area contributed by atoms with Crippen LogP contribution in [0.1, 0.15) is 16.7 Å². The number of benzene rings is 2. The lowest BCUT2D eigenvalue weighted by atomic mass is 10.1. The summed E-state index contributed by atoms with van der Waals surface area (Å²) in [6.45, 7) is 3.12. The fourth-order valence-corrected chi connectivity index (χ4v) is 4.25. The highest BCUT2D eigenvalue weighted by Gasteiger charge is 2.13. The number of hydrogen-bond acceptors (Lipinski definition) is 7. The minimum atomic E-state index is -0.733. The molecule has 2 aromatic carbocycles. The second-order valence-corrected chi connectivity index (χ2v) is 8.18. The van der Waals surface area contributed by atoms with Crippen molar-refractivity contribution in [3.63, 3.8) is 0 Å². The van der Waals surface area contributed by atoms with Gasteiger partial charge < -0.3 is 25.3 Å². The smallest absolute Gasteiger partial charge is 0.305 e. The molecule has 0 saturated heterocycles. The fourth-order valence-electron chi connectivity index (χ4n) is 3.37. The first kappa shape index (κ1) is 22.5. The second kappa shape index (κ2) is 11.2. The minimum Gasteiger partial charge on any atom is -0.506 e. The molecule has 1 atom stereocenters. The van der Waals surface area contributed by atoms with E-state index in [4.69, 9.17) is 4.74 Å². The van der Waals surface area contributed by atoms with Gasteiger partial charge in [-0.1, -0.05) is 41.7 Å². The average Bonchev–Trinajstić information content (AvgIpc) is 3.13. The van der Waals surface area contributed by atoms with Crippen LogP contribution in [0, 0.1) is 0 Å². The number of aliphatic hydroxyl groups is 1. The quantitative estimate of drug-likeness (QED) is 0.221. The number of nitrogens with one attached hydrogen (secondary N) is 3. The van der Waals surface area contributed by atoms with Crippen molar-refractivity contribution in [2.45, 2.75) is 25.5 Å². The Morgan fingerprint density at radius 2 is 1.90 bits per heavy atom. The predicted octanol–water partition coefficient (Wildman–Crippen LogP) is 1.77. The Hall–Kier alpha value is -2.23. The third kappa shape index (κ3) is 6.38. The fraction of sp³-hybridized carbons (Fsp3) is 0.409. The highest BCUT2D eigenvalue weighted by molar-refractivity contribution is 7.16. The highest BCUT2D eigenvalue weighted by atomic mass is 32.1. The molecule has 3 rings (SSSR count). The van der Waals surface area contributed by atoms with E-state index >= 15 is 0 Å². The van der Waals surface area contributed by atoms with E-state index in [-0.39, 0.29) is 10.6 Å². The molecule has 7 nitrogen and oxygen atoms in total. The lowest BCUT2D eigenvalue weighted by Gasteiger charge is -2.14. The molecule has 8 heteroatoms. The standard InChI is InChI=1S/C22H29N3O4S/c1-29-12-11-23-9-7-15-3-2-4-16(13-15)8-10-24-19(27)14-17-5-6-18(26)20-21(17)30-22(28)25-20/h2-6,13,19,23-24,26-27H,7-12,14H2,1H3,(H,25,28). The number of aliphatic hydroxyl groups excluding tert-OH is 1. The van der Waals surface area contributed by atoms with E-state index in [0.717, 1.165) is 42.8 Å². The van der Waals surface area contributed by atoms with Gasteiger partial charge in [-0.15, -0.1) is 0 Å². The Labute approximate surface area is 179 Å². The molecule has 0 aliphatic rings. The molecular weight excluding hydrogens is 402 g/mol. The van der Waals surface area contributed by atoms with Gasteiger partial charge in [-0.05, 0) is 42.1 Å². The Morgan fingerprint density at radius 3 is 2.67 bits per heavy atom. The van der Waals surface area contributed by atoms with Gasteiger partial charge in [0.05, 0.1) is 11.3 Å². The maximum absolute atomic E-state index is 11.6. The van der Waals surface area contributed by atoms with Crippen molar-refractivity contribution in [1.29, 1.82) is 0 Å². The molecule has 0 radical (unpaired) electrons. The summed E-state index contributed by atoms with van der Waals surface area (Å²) < 4.78 is 5.71. The topological polar surface area (TPSA) is 107 Å². The SMILES string of the molecule is COCCNCCc1cccc(CCNC(O)Cc2ccc(O)c3[nH]c(=O)sc23)c1. The van der Waals surface area contributed by atoms with Gasteiger partial charge >= 0.3 is 4.87 Å². The van der Waals surface area contributed by atoms with Gasteiger partial charge in [0.15, 0.2) is 0 Å². The summed E-state index contributed by atoms with van der Waals surface area (Å²) in [5.41, 5.74) is 3.77. The van der Waals surface area contributed by atoms with Gasteiger partial charge in [0.2, 0.25) is 0 Å². The zero-order valence-corrected chi connectivity index (χ0v) is 17.9. The van der Waals surface area contributed by atoms with Crippen LogP contribution >= 0.6 is 11.3 Å². The number of methoxy groups -OCH3 is 1. The molecular formula is C22H29N3O4S. The van der Waals surface area contributed by atoms with Gasteiger partial charge in [0, 0.05) is 26.6 Å². The molecule has 0 aliphatic heterocycles. The van der Waals surface area contributed by atoms with Gasteiger partial charge in [0.25, 0.3) is 0 Å². The number of phenolic OH excluding ortho intramolecular Hbond substituents is 1. The maximum Gasteiger partial charge on any atom is 0.305 e. The number of phenols is 1. The van der Waals surface area contributed by atoms with Crippen LogP contribution in [-0.2, 0) is 24.0 Å². The van der Waals surface area contributed by atoms with Crippen LogP contribution in [0.2, 0.25) is 0 Å². The molecule has 30 heavy (non-hydrogen) atoms. The van der Waals surface area contributed by atoms with Crippen molar-refractivity contribution in [3.05, 3.63) is 62.8 Å². The predicted molar refractivity (Wildman–Crippen MR) is 120 cm³/mol. The Kier molecular flexibility index (Phi) is 8.41. The molecule has 1 heterocycles. The van der Waals surface area contributed by atoms with Crippen LogP contribution in [-0.4, -0.2) is 54.8 Å². The first-order valence-corrected chi connectivity index (χ1v) is 10.9. The molecule has 0 spiro atoms. The number of hydrogen-bond donors (Lipinski definition) is 5. The third-order valence-electron chi connectivity index (χ3n) is 4.91. The monoisotopic (exact) mass is 431 g/mol. The van der Waals surface area contributed by atoms with Crippen LogP contribution < -0.4 is 15.5 Å². The van der Waals surface area contributed by atoms with Crippen LogP contribution in [0.4, 0.5) is 0 Å². The van der Waals surface area contributed by atoms with Gasteiger partial charge in [-0.3, -0.25) is 10.1 Å². The number of thiazole rings is 1. The van der Waals surface area contributed by atoms with Gasteiger partial charge in [-0.2, -0.15) is 0 Å². The van der Waals surface area contributed by atoms with Crippen molar-refractivity contribution in [3.8, 4) is 5.75 Å². The molecule has 1 aromatic heterocycles. The van der Waals surface area contributed by atoms with Crippen LogP contribution in [0.25, 0.3) is 10.2 Å². The number of aromatic nitrogens is 1. The van der Waals surface area contributed by atoms with E-state index in [2.05, 4.69) is 39.9 Å². The van der Waals surface area contributed by atoms with Gasteiger partial charge in [-0.25, -0.2) is 0 Å². The number of aromatic amines is 1. The van der Waals surface area contributed by atoms with Crippen LogP contribution in [0.3, 0.4) is 0 Å². The third-order valence-corrected chi connectivity index (χ3v) is 5.87. The number of fused-ring (bicyclic) bond motifs is 1. The lowest BCUT2D eigenvalue weighted by molar-refractivity contribution is 0.138. The Bertz CT molecular complexity index is 1000. The normalized spacial score (nSPS) is 12.5. The van der Waals surface area contributed by atoms with E-state index in [1.54, 1.807) is 19.2 Å². The van der Waals surface area contributed by atoms with E-state index in [9.17, 15) is 15.0 Å².